The first-order chi connectivity index (χ1) is 8.75. The minimum atomic E-state index is 0.0778. The van der Waals surface area contributed by atoms with Crippen molar-refractivity contribution in [3.8, 4) is 0 Å². The fourth-order valence-electron chi connectivity index (χ4n) is 3.54. The number of rotatable bonds is 2. The zero-order valence-corrected chi connectivity index (χ0v) is 10.8. The Morgan fingerprint density at radius 3 is 2.78 bits per heavy atom. The van der Waals surface area contributed by atoms with Crippen LogP contribution in [0, 0.1) is 5.92 Å². The van der Waals surface area contributed by atoms with E-state index in [1.165, 1.54) is 30.4 Å². The zero-order chi connectivity index (χ0) is 12.5. The van der Waals surface area contributed by atoms with Gasteiger partial charge in [-0.3, -0.25) is 4.79 Å². The lowest BCUT2D eigenvalue weighted by atomic mass is 9.98. The molecule has 3 rings (SSSR count). The predicted molar refractivity (Wildman–Crippen MR) is 72.9 cm³/mol. The van der Waals surface area contributed by atoms with Crippen LogP contribution in [-0.4, -0.2) is 11.9 Å². The van der Waals surface area contributed by atoms with E-state index in [-0.39, 0.29) is 11.9 Å². The Hall–Kier alpha value is -1.57. The first-order valence-electron chi connectivity index (χ1n) is 6.81. The largest absolute Gasteiger partial charge is 0.350 e. The van der Waals surface area contributed by atoms with Crippen LogP contribution in [0.4, 0.5) is 0 Å². The molecule has 2 aliphatic carbocycles. The van der Waals surface area contributed by atoms with Crippen LogP contribution in [-0.2, 0) is 4.79 Å². The Morgan fingerprint density at radius 2 is 2.06 bits per heavy atom. The summed E-state index contributed by atoms with van der Waals surface area (Å²) in [6, 6.07) is 10.8. The van der Waals surface area contributed by atoms with E-state index in [0.717, 1.165) is 6.42 Å². The van der Waals surface area contributed by atoms with Crippen molar-refractivity contribution in [2.75, 3.05) is 0 Å². The molecule has 0 bridgehead atoms. The highest BCUT2D eigenvalue weighted by molar-refractivity contribution is 5.81. The number of hydrogen-bond donors (Lipinski definition) is 1. The van der Waals surface area contributed by atoms with Gasteiger partial charge in [-0.1, -0.05) is 35.9 Å². The Morgan fingerprint density at radius 1 is 1.28 bits per heavy atom. The molecule has 1 saturated carbocycles. The van der Waals surface area contributed by atoms with Crippen molar-refractivity contribution >= 4 is 11.5 Å². The number of hydrogen-bond acceptors (Lipinski definition) is 1. The number of nitrogens with one attached hydrogen (secondary N) is 1. The summed E-state index contributed by atoms with van der Waals surface area (Å²) in [7, 11) is 0. The molecule has 0 heterocycles. The summed E-state index contributed by atoms with van der Waals surface area (Å²) in [5, 5.41) is 3.12. The number of carbonyl (C=O) groups is 1. The summed E-state index contributed by atoms with van der Waals surface area (Å²) in [5.74, 6) is 0.783. The Balaban J connectivity index is 1.99. The molecular weight excluding hydrogens is 222 g/mol. The van der Waals surface area contributed by atoms with Gasteiger partial charge in [-0.05, 0) is 42.7 Å². The highest BCUT2D eigenvalue weighted by atomic mass is 16.1. The Kier molecular flexibility index (Phi) is 2.94. The lowest BCUT2D eigenvalue weighted by Crippen LogP contribution is -2.32. The van der Waals surface area contributed by atoms with E-state index in [2.05, 4.69) is 29.6 Å². The highest BCUT2D eigenvalue weighted by Crippen LogP contribution is 2.47. The minimum Gasteiger partial charge on any atom is -0.350 e. The van der Waals surface area contributed by atoms with E-state index in [4.69, 9.17) is 0 Å². The molecular formula is C16H19NO. The van der Waals surface area contributed by atoms with Crippen LogP contribution < -0.4 is 5.32 Å². The van der Waals surface area contributed by atoms with Crippen LogP contribution >= 0.6 is 0 Å². The third-order valence-electron chi connectivity index (χ3n) is 4.17. The van der Waals surface area contributed by atoms with Gasteiger partial charge in [-0.2, -0.15) is 0 Å². The van der Waals surface area contributed by atoms with Crippen molar-refractivity contribution < 1.29 is 4.79 Å². The molecule has 0 aromatic heterocycles. The molecule has 0 unspecified atom stereocenters. The summed E-state index contributed by atoms with van der Waals surface area (Å²) in [6.45, 7) is 1.61. The van der Waals surface area contributed by atoms with Gasteiger partial charge in [0.15, 0.2) is 0 Å². The van der Waals surface area contributed by atoms with Crippen molar-refractivity contribution in [1.82, 2.24) is 5.32 Å². The lowest BCUT2D eigenvalue weighted by Gasteiger charge is -2.17. The molecule has 1 N–H and O–H groups in total. The van der Waals surface area contributed by atoms with E-state index in [1.54, 1.807) is 12.5 Å². The molecule has 1 fully saturated rings. The maximum atomic E-state index is 11.4. The second-order valence-corrected chi connectivity index (χ2v) is 5.38. The van der Waals surface area contributed by atoms with Crippen LogP contribution in [0.3, 0.4) is 0 Å². The lowest BCUT2D eigenvalue weighted by molar-refractivity contribution is -0.119. The third kappa shape index (κ3) is 1.96. The molecule has 94 valence electrons. The van der Waals surface area contributed by atoms with Crippen LogP contribution in [0.1, 0.15) is 38.2 Å². The maximum absolute atomic E-state index is 11.4. The molecule has 0 saturated heterocycles. The van der Waals surface area contributed by atoms with Crippen molar-refractivity contribution in [2.45, 2.75) is 38.6 Å². The minimum absolute atomic E-state index is 0.0778. The van der Waals surface area contributed by atoms with Crippen molar-refractivity contribution in [3.05, 3.63) is 41.5 Å². The first kappa shape index (κ1) is 11.5. The molecule has 1 amide bonds. The van der Waals surface area contributed by atoms with Crippen molar-refractivity contribution in [3.63, 3.8) is 0 Å². The van der Waals surface area contributed by atoms with Gasteiger partial charge in [0.05, 0.1) is 6.04 Å². The molecule has 1 aromatic carbocycles. The summed E-state index contributed by atoms with van der Waals surface area (Å²) < 4.78 is 0. The monoisotopic (exact) mass is 241 g/mol. The molecule has 2 nitrogen and oxygen atoms in total. The van der Waals surface area contributed by atoms with Gasteiger partial charge in [0.2, 0.25) is 5.91 Å². The Bertz CT molecular complexity index is 489. The number of allylic oxidation sites excluding steroid dienone is 1. The van der Waals surface area contributed by atoms with Crippen LogP contribution in [0.5, 0.6) is 0 Å². The normalized spacial score (nSPS) is 26.3. The summed E-state index contributed by atoms with van der Waals surface area (Å²) in [6.07, 6.45) is 4.91. The van der Waals surface area contributed by atoms with Crippen LogP contribution in [0.25, 0.3) is 5.57 Å². The van der Waals surface area contributed by atoms with Crippen LogP contribution in [0.2, 0.25) is 0 Å². The standard InChI is InChI=1S/C16H19NO/c1-11(18)17-15-10-13-8-5-9-14(13)16(15)12-6-3-2-4-7-12/h2-4,6-7,13,15H,5,8-10H2,1H3,(H,17,18)/t13-,15-/m1/s1. The molecule has 0 aliphatic heterocycles. The molecule has 0 spiro atoms. The van der Waals surface area contributed by atoms with Gasteiger partial charge in [0.1, 0.15) is 0 Å². The molecule has 0 radical (unpaired) electrons. The number of fused-ring (bicyclic) bond motifs is 1. The van der Waals surface area contributed by atoms with E-state index in [0.29, 0.717) is 5.92 Å². The van der Waals surface area contributed by atoms with Crippen molar-refractivity contribution in [1.29, 1.82) is 0 Å². The fraction of sp³-hybridized carbons (Fsp3) is 0.438. The van der Waals surface area contributed by atoms with E-state index in [9.17, 15) is 4.79 Å². The van der Waals surface area contributed by atoms with Crippen LogP contribution in [0.15, 0.2) is 35.9 Å². The summed E-state index contributed by atoms with van der Waals surface area (Å²) >= 11 is 0. The number of amides is 1. The topological polar surface area (TPSA) is 29.1 Å². The molecule has 2 aliphatic rings. The molecule has 2 heteroatoms. The molecule has 18 heavy (non-hydrogen) atoms. The number of carbonyl (C=O) groups excluding carboxylic acids is 1. The van der Waals surface area contributed by atoms with E-state index < -0.39 is 0 Å². The first-order valence-corrected chi connectivity index (χ1v) is 6.81. The van der Waals surface area contributed by atoms with Gasteiger partial charge in [-0.15, -0.1) is 0 Å². The summed E-state index contributed by atoms with van der Waals surface area (Å²) in [4.78, 5) is 11.4. The second kappa shape index (κ2) is 4.60. The zero-order valence-electron chi connectivity index (χ0n) is 10.8. The van der Waals surface area contributed by atoms with Crippen molar-refractivity contribution in [2.24, 2.45) is 5.92 Å². The third-order valence-corrected chi connectivity index (χ3v) is 4.17. The average Bonchev–Trinajstić information content (AvgIpc) is 2.89. The highest BCUT2D eigenvalue weighted by Gasteiger charge is 2.36. The van der Waals surface area contributed by atoms with E-state index >= 15 is 0 Å². The van der Waals surface area contributed by atoms with Gasteiger partial charge in [0.25, 0.3) is 0 Å². The SMILES string of the molecule is CC(=O)N[C@@H]1C[C@H]2CCCC2=C1c1ccccc1. The van der Waals surface area contributed by atoms with Gasteiger partial charge in [-0.25, -0.2) is 0 Å². The van der Waals surface area contributed by atoms with E-state index in [1.807, 2.05) is 6.07 Å². The predicted octanol–water partition coefficient (Wildman–Crippen LogP) is 3.15. The smallest absolute Gasteiger partial charge is 0.217 e. The second-order valence-electron chi connectivity index (χ2n) is 5.38. The van der Waals surface area contributed by atoms with Gasteiger partial charge in [0, 0.05) is 6.92 Å². The average molecular weight is 241 g/mol. The summed E-state index contributed by atoms with van der Waals surface area (Å²) in [5.41, 5.74) is 4.28. The van der Waals surface area contributed by atoms with Gasteiger partial charge >= 0.3 is 0 Å². The maximum Gasteiger partial charge on any atom is 0.217 e. The quantitative estimate of drug-likeness (QED) is 0.846. The fourth-order valence-corrected chi connectivity index (χ4v) is 3.54. The van der Waals surface area contributed by atoms with Gasteiger partial charge < -0.3 is 5.32 Å². The molecule has 2 atom stereocenters. The number of benzene rings is 1. The molecule has 1 aromatic rings. The Labute approximate surface area is 108 Å².